The molecule has 1 N–H and O–H groups in total. The zero-order chi connectivity index (χ0) is 13.1. The normalized spacial score (nSPS) is 11.2. The molecule has 1 heterocycles. The van der Waals surface area contributed by atoms with Crippen LogP contribution in [0.3, 0.4) is 0 Å². The summed E-state index contributed by atoms with van der Waals surface area (Å²) in [7, 11) is 0. The number of nitrogens with zero attached hydrogens (tertiary/aromatic N) is 1. The number of aliphatic hydroxyl groups excluding tert-OH is 1. The first-order chi connectivity index (χ1) is 8.60. The van der Waals surface area contributed by atoms with Gasteiger partial charge in [-0.05, 0) is 23.6 Å². The van der Waals surface area contributed by atoms with Crippen LogP contribution in [0.2, 0.25) is 5.15 Å². The molecule has 0 unspecified atom stereocenters. The summed E-state index contributed by atoms with van der Waals surface area (Å²) in [6.07, 6.45) is 0. The van der Waals surface area contributed by atoms with Crippen molar-refractivity contribution in [2.75, 3.05) is 0 Å². The molecule has 0 atom stereocenters. The van der Waals surface area contributed by atoms with Crippen LogP contribution in [0, 0.1) is 0 Å². The highest BCUT2D eigenvalue weighted by Gasteiger charge is 2.09. The van der Waals surface area contributed by atoms with Crippen LogP contribution >= 0.6 is 34.7 Å². The summed E-state index contributed by atoms with van der Waals surface area (Å²) in [6, 6.07) is 8.45. The average molecular weight is 300 g/mol. The Balaban J connectivity index is 2.13. The Labute approximate surface area is 120 Å². The smallest absolute Gasteiger partial charge is 0.156 e. The molecule has 0 fully saturated rings. The predicted octanol–water partition coefficient (Wildman–Crippen LogP) is 4.56. The van der Waals surface area contributed by atoms with Gasteiger partial charge < -0.3 is 5.11 Å². The van der Waals surface area contributed by atoms with E-state index in [0.29, 0.717) is 11.1 Å². The third-order valence-electron chi connectivity index (χ3n) is 2.53. The lowest BCUT2D eigenvalue weighted by Gasteiger charge is -2.05. The predicted molar refractivity (Wildman–Crippen MR) is 77.7 cm³/mol. The summed E-state index contributed by atoms with van der Waals surface area (Å²) in [5.74, 6) is 0.541. The van der Waals surface area contributed by atoms with Gasteiger partial charge in [0.15, 0.2) is 4.34 Å². The maximum atomic E-state index is 9.07. The van der Waals surface area contributed by atoms with Gasteiger partial charge in [-0.15, -0.1) is 11.3 Å². The Bertz CT molecular complexity index is 522. The van der Waals surface area contributed by atoms with Gasteiger partial charge in [0.1, 0.15) is 5.15 Å². The van der Waals surface area contributed by atoms with Crippen molar-refractivity contribution in [2.24, 2.45) is 0 Å². The van der Waals surface area contributed by atoms with Gasteiger partial charge in [0.05, 0.1) is 11.5 Å². The molecule has 0 aliphatic rings. The molecule has 18 heavy (non-hydrogen) atoms. The molecular formula is C13H14ClNOS2. The summed E-state index contributed by atoms with van der Waals surface area (Å²) in [5, 5.41) is 9.48. The summed E-state index contributed by atoms with van der Waals surface area (Å²) in [5.41, 5.74) is 1.33. The molecule has 1 aromatic heterocycles. The van der Waals surface area contributed by atoms with Gasteiger partial charge in [0, 0.05) is 4.90 Å². The van der Waals surface area contributed by atoms with Crippen LogP contribution in [-0.2, 0) is 6.61 Å². The first kappa shape index (κ1) is 13.9. The van der Waals surface area contributed by atoms with Crippen LogP contribution in [0.4, 0.5) is 0 Å². The van der Waals surface area contributed by atoms with Crippen LogP contribution in [0.5, 0.6) is 0 Å². The second-order valence-electron chi connectivity index (χ2n) is 4.18. The fourth-order valence-corrected chi connectivity index (χ4v) is 3.75. The Morgan fingerprint density at radius 3 is 2.50 bits per heavy atom. The van der Waals surface area contributed by atoms with E-state index in [1.54, 1.807) is 11.8 Å². The second-order valence-corrected chi connectivity index (χ2v) is 6.94. The number of aromatic nitrogens is 1. The van der Waals surface area contributed by atoms with Crippen LogP contribution in [-0.4, -0.2) is 10.1 Å². The highest BCUT2D eigenvalue weighted by atomic mass is 35.5. The van der Waals surface area contributed by atoms with Gasteiger partial charge in [-0.25, -0.2) is 4.98 Å². The lowest BCUT2D eigenvalue weighted by molar-refractivity contribution is 0.285. The van der Waals surface area contributed by atoms with E-state index in [0.717, 1.165) is 14.1 Å². The molecule has 0 saturated carbocycles. The van der Waals surface area contributed by atoms with Gasteiger partial charge in [-0.1, -0.05) is 49.3 Å². The molecule has 2 nitrogen and oxygen atoms in total. The lowest BCUT2D eigenvalue weighted by atomic mass is 10.0. The van der Waals surface area contributed by atoms with E-state index in [2.05, 4.69) is 43.1 Å². The standard InChI is InChI=1S/C13H14ClNOS2/c1-8(2)9-3-5-10(6-4-9)17-13-15-12(14)11(7-16)18-13/h3-6,8,16H,7H2,1-2H3. The number of rotatable bonds is 4. The van der Waals surface area contributed by atoms with E-state index in [1.807, 2.05) is 0 Å². The Hall–Kier alpha value is -0.550. The Kier molecular flexibility index (Phi) is 4.67. The van der Waals surface area contributed by atoms with E-state index in [9.17, 15) is 0 Å². The first-order valence-electron chi connectivity index (χ1n) is 5.64. The highest BCUT2D eigenvalue weighted by molar-refractivity contribution is 8.01. The van der Waals surface area contributed by atoms with Crippen molar-refractivity contribution in [3.8, 4) is 0 Å². The van der Waals surface area contributed by atoms with Crippen molar-refractivity contribution in [1.82, 2.24) is 4.98 Å². The molecule has 0 spiro atoms. The maximum Gasteiger partial charge on any atom is 0.156 e. The van der Waals surface area contributed by atoms with Gasteiger partial charge in [0.25, 0.3) is 0 Å². The SMILES string of the molecule is CC(C)c1ccc(Sc2nc(Cl)c(CO)s2)cc1. The number of hydrogen-bond acceptors (Lipinski definition) is 4. The van der Waals surface area contributed by atoms with Crippen molar-refractivity contribution >= 4 is 34.7 Å². The molecule has 0 saturated heterocycles. The summed E-state index contributed by atoms with van der Waals surface area (Å²) in [6.45, 7) is 4.30. The summed E-state index contributed by atoms with van der Waals surface area (Å²) in [4.78, 5) is 6.08. The minimum atomic E-state index is -0.0522. The van der Waals surface area contributed by atoms with Crippen LogP contribution in [0.1, 0.15) is 30.2 Å². The molecule has 5 heteroatoms. The zero-order valence-electron chi connectivity index (χ0n) is 10.2. The zero-order valence-corrected chi connectivity index (χ0v) is 12.6. The third-order valence-corrected chi connectivity index (χ3v) is 5.06. The molecular weight excluding hydrogens is 286 g/mol. The molecule has 2 aromatic rings. The first-order valence-corrected chi connectivity index (χ1v) is 7.65. The number of benzene rings is 1. The number of halogens is 1. The third kappa shape index (κ3) is 3.26. The van der Waals surface area contributed by atoms with E-state index in [-0.39, 0.29) is 6.61 Å². The summed E-state index contributed by atoms with van der Waals surface area (Å²) < 4.78 is 0.862. The fourth-order valence-electron chi connectivity index (χ4n) is 1.48. The molecule has 0 bridgehead atoms. The van der Waals surface area contributed by atoms with Crippen molar-refractivity contribution < 1.29 is 5.11 Å². The van der Waals surface area contributed by atoms with Crippen LogP contribution in [0.25, 0.3) is 0 Å². The minimum absolute atomic E-state index is 0.0522. The van der Waals surface area contributed by atoms with Crippen molar-refractivity contribution in [3.63, 3.8) is 0 Å². The molecule has 0 aliphatic heterocycles. The van der Waals surface area contributed by atoms with E-state index < -0.39 is 0 Å². The van der Waals surface area contributed by atoms with Crippen LogP contribution in [0.15, 0.2) is 33.5 Å². The van der Waals surface area contributed by atoms with Gasteiger partial charge in [-0.3, -0.25) is 0 Å². The quantitative estimate of drug-likeness (QED) is 0.898. The molecule has 0 aliphatic carbocycles. The van der Waals surface area contributed by atoms with E-state index in [1.165, 1.54) is 16.9 Å². The monoisotopic (exact) mass is 299 g/mol. The number of hydrogen-bond donors (Lipinski definition) is 1. The van der Waals surface area contributed by atoms with Crippen LogP contribution < -0.4 is 0 Å². The van der Waals surface area contributed by atoms with Gasteiger partial charge in [0.2, 0.25) is 0 Å². The number of aliphatic hydroxyl groups is 1. The minimum Gasteiger partial charge on any atom is -0.391 e. The maximum absolute atomic E-state index is 9.07. The fraction of sp³-hybridized carbons (Fsp3) is 0.308. The molecule has 0 amide bonds. The lowest BCUT2D eigenvalue weighted by Crippen LogP contribution is -1.85. The molecule has 0 radical (unpaired) electrons. The van der Waals surface area contributed by atoms with Gasteiger partial charge >= 0.3 is 0 Å². The summed E-state index contributed by atoms with van der Waals surface area (Å²) >= 11 is 8.91. The van der Waals surface area contributed by atoms with Crippen molar-refractivity contribution in [1.29, 1.82) is 0 Å². The van der Waals surface area contributed by atoms with Crippen molar-refractivity contribution in [2.45, 2.75) is 35.6 Å². The molecule has 2 rings (SSSR count). The second kappa shape index (κ2) is 6.06. The van der Waals surface area contributed by atoms with E-state index in [4.69, 9.17) is 16.7 Å². The van der Waals surface area contributed by atoms with E-state index >= 15 is 0 Å². The molecule has 1 aromatic carbocycles. The number of thiazole rings is 1. The largest absolute Gasteiger partial charge is 0.391 e. The van der Waals surface area contributed by atoms with Gasteiger partial charge in [-0.2, -0.15) is 0 Å². The Morgan fingerprint density at radius 2 is 2.00 bits per heavy atom. The topological polar surface area (TPSA) is 33.1 Å². The highest BCUT2D eigenvalue weighted by Crippen LogP contribution is 2.35. The molecule has 96 valence electrons. The van der Waals surface area contributed by atoms with Crippen molar-refractivity contribution in [3.05, 3.63) is 39.9 Å². The average Bonchev–Trinajstić information content (AvgIpc) is 2.70. The Morgan fingerprint density at radius 1 is 1.33 bits per heavy atom.